The summed E-state index contributed by atoms with van der Waals surface area (Å²) in [4.78, 5) is 16.5. The molecule has 5 nitrogen and oxygen atoms in total. The summed E-state index contributed by atoms with van der Waals surface area (Å²) in [6, 6.07) is 7.26. The number of hydrogen-bond acceptors (Lipinski definition) is 4. The summed E-state index contributed by atoms with van der Waals surface area (Å²) in [7, 11) is 0. The van der Waals surface area contributed by atoms with Crippen LogP contribution in [0, 0.1) is 11.8 Å². The normalized spacial score (nSPS) is 16.4. The van der Waals surface area contributed by atoms with E-state index in [0.717, 1.165) is 18.4 Å². The SMILES string of the molecule is CC(C(=O)NCc1nc(-c2cccc(Cl)c2)no1)C1CCCC1. The van der Waals surface area contributed by atoms with Gasteiger partial charge in [0.25, 0.3) is 0 Å². The average molecular weight is 334 g/mol. The summed E-state index contributed by atoms with van der Waals surface area (Å²) in [5, 5.41) is 7.44. The Morgan fingerprint density at radius 3 is 2.96 bits per heavy atom. The van der Waals surface area contributed by atoms with Crippen LogP contribution >= 0.6 is 11.6 Å². The van der Waals surface area contributed by atoms with Gasteiger partial charge in [0.1, 0.15) is 0 Å². The maximum Gasteiger partial charge on any atom is 0.246 e. The van der Waals surface area contributed by atoms with E-state index in [1.54, 1.807) is 12.1 Å². The van der Waals surface area contributed by atoms with Crippen LogP contribution in [0.15, 0.2) is 28.8 Å². The summed E-state index contributed by atoms with van der Waals surface area (Å²) in [6.07, 6.45) is 4.76. The summed E-state index contributed by atoms with van der Waals surface area (Å²) in [6.45, 7) is 2.25. The topological polar surface area (TPSA) is 68.0 Å². The van der Waals surface area contributed by atoms with Gasteiger partial charge in [-0.15, -0.1) is 0 Å². The van der Waals surface area contributed by atoms with Crippen molar-refractivity contribution >= 4 is 17.5 Å². The molecule has 0 aliphatic heterocycles. The van der Waals surface area contributed by atoms with Gasteiger partial charge in [-0.25, -0.2) is 0 Å². The number of carbonyl (C=O) groups excluding carboxylic acids is 1. The quantitative estimate of drug-likeness (QED) is 0.902. The molecule has 1 amide bonds. The predicted molar refractivity (Wildman–Crippen MR) is 87.7 cm³/mol. The van der Waals surface area contributed by atoms with Crippen LogP contribution in [0.25, 0.3) is 11.4 Å². The number of carbonyl (C=O) groups is 1. The molecular formula is C17H20ClN3O2. The Balaban J connectivity index is 1.58. The minimum absolute atomic E-state index is 0.0350. The second-order valence-corrected chi connectivity index (χ2v) is 6.51. The fourth-order valence-corrected chi connectivity index (χ4v) is 3.26. The Kier molecular flexibility index (Phi) is 4.96. The number of aromatic nitrogens is 2. The van der Waals surface area contributed by atoms with Crippen LogP contribution in [0.1, 0.15) is 38.5 Å². The highest BCUT2D eigenvalue weighted by Crippen LogP contribution is 2.31. The Morgan fingerprint density at radius 1 is 1.43 bits per heavy atom. The maximum atomic E-state index is 12.2. The average Bonchev–Trinajstić information content (AvgIpc) is 3.23. The summed E-state index contributed by atoms with van der Waals surface area (Å²) in [5.74, 6) is 1.46. The number of halogens is 1. The third kappa shape index (κ3) is 3.91. The Bertz CT molecular complexity index is 680. The van der Waals surface area contributed by atoms with Crippen molar-refractivity contribution in [3.05, 3.63) is 35.2 Å². The molecule has 0 bridgehead atoms. The van der Waals surface area contributed by atoms with Crippen LogP contribution < -0.4 is 5.32 Å². The van der Waals surface area contributed by atoms with Crippen molar-refractivity contribution in [1.82, 2.24) is 15.5 Å². The van der Waals surface area contributed by atoms with Gasteiger partial charge in [0.2, 0.25) is 17.6 Å². The molecule has 1 aromatic carbocycles. The molecule has 1 N–H and O–H groups in total. The second kappa shape index (κ2) is 7.13. The van der Waals surface area contributed by atoms with Crippen LogP contribution in [-0.2, 0) is 11.3 Å². The van der Waals surface area contributed by atoms with Gasteiger partial charge >= 0.3 is 0 Å². The van der Waals surface area contributed by atoms with Gasteiger partial charge in [0.05, 0.1) is 6.54 Å². The highest BCUT2D eigenvalue weighted by molar-refractivity contribution is 6.30. The van der Waals surface area contributed by atoms with Crippen LogP contribution in [-0.4, -0.2) is 16.0 Å². The molecular weight excluding hydrogens is 314 g/mol. The van der Waals surface area contributed by atoms with Crippen molar-refractivity contribution in [3.63, 3.8) is 0 Å². The predicted octanol–water partition coefficient (Wildman–Crippen LogP) is 3.83. The van der Waals surface area contributed by atoms with Gasteiger partial charge in [-0.3, -0.25) is 4.79 Å². The summed E-state index contributed by atoms with van der Waals surface area (Å²) >= 11 is 5.96. The van der Waals surface area contributed by atoms with Gasteiger partial charge < -0.3 is 9.84 Å². The van der Waals surface area contributed by atoms with Crippen molar-refractivity contribution in [2.24, 2.45) is 11.8 Å². The van der Waals surface area contributed by atoms with E-state index in [-0.39, 0.29) is 18.4 Å². The molecule has 1 aliphatic carbocycles. The smallest absolute Gasteiger partial charge is 0.246 e. The molecule has 6 heteroatoms. The van der Waals surface area contributed by atoms with E-state index in [0.29, 0.717) is 22.7 Å². The zero-order valence-electron chi connectivity index (χ0n) is 13.1. The lowest BCUT2D eigenvalue weighted by Gasteiger charge is -2.17. The first kappa shape index (κ1) is 16.0. The number of nitrogens with zero attached hydrogens (tertiary/aromatic N) is 2. The first-order chi connectivity index (χ1) is 11.1. The van der Waals surface area contributed by atoms with Gasteiger partial charge in [-0.1, -0.05) is 48.7 Å². The van der Waals surface area contributed by atoms with Crippen LogP contribution in [0.5, 0.6) is 0 Å². The number of benzene rings is 1. The maximum absolute atomic E-state index is 12.2. The lowest BCUT2D eigenvalue weighted by molar-refractivity contribution is -0.126. The second-order valence-electron chi connectivity index (χ2n) is 6.07. The lowest BCUT2D eigenvalue weighted by Crippen LogP contribution is -2.32. The van der Waals surface area contributed by atoms with Gasteiger partial charge in [0.15, 0.2) is 0 Å². The largest absolute Gasteiger partial charge is 0.347 e. The lowest BCUT2D eigenvalue weighted by atomic mass is 9.92. The molecule has 2 aromatic rings. The van der Waals surface area contributed by atoms with Crippen molar-refractivity contribution in [3.8, 4) is 11.4 Å². The van der Waals surface area contributed by atoms with E-state index in [2.05, 4.69) is 15.5 Å². The van der Waals surface area contributed by atoms with Gasteiger partial charge in [-0.2, -0.15) is 4.98 Å². The van der Waals surface area contributed by atoms with Crippen molar-refractivity contribution in [2.75, 3.05) is 0 Å². The molecule has 1 fully saturated rings. The molecule has 1 unspecified atom stereocenters. The van der Waals surface area contributed by atoms with Crippen LogP contribution in [0.3, 0.4) is 0 Å². The fourth-order valence-electron chi connectivity index (χ4n) is 3.07. The van der Waals surface area contributed by atoms with Crippen molar-refractivity contribution in [1.29, 1.82) is 0 Å². The fraction of sp³-hybridized carbons (Fsp3) is 0.471. The van der Waals surface area contributed by atoms with Gasteiger partial charge in [-0.05, 0) is 30.9 Å². The monoisotopic (exact) mass is 333 g/mol. The summed E-state index contributed by atoms with van der Waals surface area (Å²) in [5.41, 5.74) is 0.790. The molecule has 0 spiro atoms. The Morgan fingerprint density at radius 2 is 2.22 bits per heavy atom. The molecule has 122 valence electrons. The van der Waals surface area contributed by atoms with E-state index in [1.165, 1.54) is 12.8 Å². The molecule has 1 aliphatic rings. The Labute approximate surface area is 140 Å². The highest BCUT2D eigenvalue weighted by atomic mass is 35.5. The molecule has 23 heavy (non-hydrogen) atoms. The van der Waals surface area contributed by atoms with Crippen LogP contribution in [0.4, 0.5) is 0 Å². The molecule has 0 saturated heterocycles. The van der Waals surface area contributed by atoms with E-state index < -0.39 is 0 Å². The molecule has 1 saturated carbocycles. The third-order valence-electron chi connectivity index (χ3n) is 4.49. The van der Waals surface area contributed by atoms with E-state index in [1.807, 2.05) is 19.1 Å². The zero-order valence-corrected chi connectivity index (χ0v) is 13.8. The number of hydrogen-bond donors (Lipinski definition) is 1. The standard InChI is InChI=1S/C17H20ClN3O2/c1-11(12-5-2-3-6-12)17(22)19-10-15-20-16(21-23-15)13-7-4-8-14(18)9-13/h4,7-9,11-12H,2-3,5-6,10H2,1H3,(H,19,22). The van der Waals surface area contributed by atoms with E-state index in [4.69, 9.17) is 16.1 Å². The van der Waals surface area contributed by atoms with Gasteiger partial charge in [0, 0.05) is 16.5 Å². The minimum Gasteiger partial charge on any atom is -0.347 e. The number of amides is 1. The molecule has 1 heterocycles. The first-order valence-electron chi connectivity index (χ1n) is 7.99. The number of nitrogens with one attached hydrogen (secondary N) is 1. The number of rotatable bonds is 5. The Hall–Kier alpha value is -1.88. The van der Waals surface area contributed by atoms with Crippen molar-refractivity contribution < 1.29 is 9.32 Å². The third-order valence-corrected chi connectivity index (χ3v) is 4.72. The summed E-state index contributed by atoms with van der Waals surface area (Å²) < 4.78 is 5.20. The van der Waals surface area contributed by atoms with Crippen LogP contribution in [0.2, 0.25) is 5.02 Å². The van der Waals surface area contributed by atoms with E-state index in [9.17, 15) is 4.79 Å². The zero-order chi connectivity index (χ0) is 16.2. The van der Waals surface area contributed by atoms with E-state index >= 15 is 0 Å². The molecule has 1 aromatic heterocycles. The molecule has 1 atom stereocenters. The van der Waals surface area contributed by atoms with Crippen molar-refractivity contribution in [2.45, 2.75) is 39.2 Å². The highest BCUT2D eigenvalue weighted by Gasteiger charge is 2.26. The molecule has 3 rings (SSSR count). The minimum atomic E-state index is 0.0350. The first-order valence-corrected chi connectivity index (χ1v) is 8.37. The molecule has 0 radical (unpaired) electrons.